The molecule has 0 spiro atoms. The molecule has 3 nitrogen and oxygen atoms in total. The Morgan fingerprint density at radius 2 is 2.17 bits per heavy atom. The van der Waals surface area contributed by atoms with Gasteiger partial charge in [0.2, 0.25) is 0 Å². The third-order valence-electron chi connectivity index (χ3n) is 2.58. The van der Waals surface area contributed by atoms with Crippen molar-refractivity contribution in [1.29, 1.82) is 0 Å². The van der Waals surface area contributed by atoms with Crippen molar-refractivity contribution < 1.29 is 0 Å². The van der Waals surface area contributed by atoms with Crippen molar-refractivity contribution in [3.8, 4) is 0 Å². The number of guanidine groups is 1. The van der Waals surface area contributed by atoms with Gasteiger partial charge in [0.25, 0.3) is 0 Å². The van der Waals surface area contributed by atoms with E-state index in [9.17, 15) is 0 Å². The lowest BCUT2D eigenvalue weighted by molar-refractivity contribution is 0.785. The van der Waals surface area contributed by atoms with Gasteiger partial charge in [-0.1, -0.05) is 29.8 Å². The minimum Gasteiger partial charge on any atom is -0.356 e. The summed E-state index contributed by atoms with van der Waals surface area (Å²) in [6, 6.07) is 8.51. The van der Waals surface area contributed by atoms with Crippen LogP contribution in [0.15, 0.2) is 29.3 Å². The number of hydrogen-bond donors (Lipinski definition) is 2. The van der Waals surface area contributed by atoms with Crippen molar-refractivity contribution in [2.45, 2.75) is 19.9 Å². The first-order valence-electron chi connectivity index (χ1n) is 6.25. The molecule has 0 aliphatic carbocycles. The number of thioether (sulfide) groups is 1. The zero-order chi connectivity index (χ0) is 13.2. The van der Waals surface area contributed by atoms with E-state index in [1.54, 1.807) is 7.05 Å². The second-order valence-electron chi connectivity index (χ2n) is 4.19. The minimum atomic E-state index is 0.809. The number of benzene rings is 1. The molecule has 2 N–H and O–H groups in total. The maximum absolute atomic E-state index is 4.21. The fourth-order valence-corrected chi connectivity index (χ4v) is 2.08. The SMILES string of the molecule is CN=C(NCCCSC)NCc1cccc(C)c1. The van der Waals surface area contributed by atoms with E-state index in [1.165, 1.54) is 16.9 Å². The quantitative estimate of drug-likeness (QED) is 0.471. The van der Waals surface area contributed by atoms with Crippen LogP contribution < -0.4 is 10.6 Å². The molecule has 0 bridgehead atoms. The van der Waals surface area contributed by atoms with Crippen molar-refractivity contribution in [2.24, 2.45) is 4.99 Å². The summed E-state index contributed by atoms with van der Waals surface area (Å²) >= 11 is 1.87. The van der Waals surface area contributed by atoms with Crippen LogP contribution in [0.5, 0.6) is 0 Å². The lowest BCUT2D eigenvalue weighted by Gasteiger charge is -2.11. The molecule has 0 radical (unpaired) electrons. The molecule has 0 saturated heterocycles. The fraction of sp³-hybridized carbons (Fsp3) is 0.500. The van der Waals surface area contributed by atoms with Crippen molar-refractivity contribution in [3.63, 3.8) is 0 Å². The van der Waals surface area contributed by atoms with Gasteiger partial charge in [-0.15, -0.1) is 0 Å². The summed E-state index contributed by atoms with van der Waals surface area (Å²) in [6.07, 6.45) is 3.29. The molecule has 1 aromatic rings. The van der Waals surface area contributed by atoms with Crippen LogP contribution in [0.3, 0.4) is 0 Å². The van der Waals surface area contributed by atoms with Crippen LogP contribution in [0, 0.1) is 6.92 Å². The van der Waals surface area contributed by atoms with Crippen molar-refractivity contribution in [1.82, 2.24) is 10.6 Å². The second-order valence-corrected chi connectivity index (χ2v) is 5.17. The monoisotopic (exact) mass is 265 g/mol. The third-order valence-corrected chi connectivity index (χ3v) is 3.28. The molecule has 0 fully saturated rings. The first-order valence-corrected chi connectivity index (χ1v) is 7.64. The van der Waals surface area contributed by atoms with Gasteiger partial charge < -0.3 is 10.6 Å². The molecule has 1 rings (SSSR count). The highest BCUT2D eigenvalue weighted by Gasteiger charge is 1.97. The summed E-state index contributed by atoms with van der Waals surface area (Å²) in [5, 5.41) is 6.64. The number of hydrogen-bond acceptors (Lipinski definition) is 2. The van der Waals surface area contributed by atoms with Crippen molar-refractivity contribution in [3.05, 3.63) is 35.4 Å². The van der Waals surface area contributed by atoms with Gasteiger partial charge in [0.1, 0.15) is 0 Å². The normalized spacial score (nSPS) is 11.4. The van der Waals surface area contributed by atoms with E-state index in [2.05, 4.69) is 53.1 Å². The molecular weight excluding hydrogens is 242 g/mol. The third kappa shape index (κ3) is 5.96. The molecule has 100 valence electrons. The van der Waals surface area contributed by atoms with Crippen LogP contribution in [-0.4, -0.2) is 31.6 Å². The Labute approximate surface area is 114 Å². The topological polar surface area (TPSA) is 36.4 Å². The highest BCUT2D eigenvalue weighted by atomic mass is 32.2. The Hall–Kier alpha value is -1.16. The lowest BCUT2D eigenvalue weighted by Crippen LogP contribution is -2.37. The van der Waals surface area contributed by atoms with Crippen molar-refractivity contribution in [2.75, 3.05) is 25.6 Å². The smallest absolute Gasteiger partial charge is 0.191 e. The number of nitrogens with one attached hydrogen (secondary N) is 2. The number of aliphatic imine (C=N–C) groups is 1. The van der Waals surface area contributed by atoms with E-state index in [0.717, 1.165) is 25.5 Å². The van der Waals surface area contributed by atoms with Gasteiger partial charge in [-0.3, -0.25) is 4.99 Å². The van der Waals surface area contributed by atoms with Gasteiger partial charge in [-0.25, -0.2) is 0 Å². The largest absolute Gasteiger partial charge is 0.356 e. The average Bonchev–Trinajstić information content (AvgIpc) is 2.38. The lowest BCUT2D eigenvalue weighted by atomic mass is 10.1. The van der Waals surface area contributed by atoms with E-state index in [-0.39, 0.29) is 0 Å². The molecule has 0 atom stereocenters. The van der Waals surface area contributed by atoms with Gasteiger partial charge in [-0.05, 0) is 30.9 Å². The molecule has 18 heavy (non-hydrogen) atoms. The van der Waals surface area contributed by atoms with Gasteiger partial charge in [0.15, 0.2) is 5.96 Å². The summed E-state index contributed by atoms with van der Waals surface area (Å²) in [5.74, 6) is 2.06. The Morgan fingerprint density at radius 3 is 2.83 bits per heavy atom. The standard InChI is InChI=1S/C14H23N3S/c1-12-6-4-7-13(10-12)11-17-14(15-2)16-8-5-9-18-3/h4,6-7,10H,5,8-9,11H2,1-3H3,(H2,15,16,17). The summed E-state index contributed by atoms with van der Waals surface area (Å²) in [5.41, 5.74) is 2.57. The highest BCUT2D eigenvalue weighted by molar-refractivity contribution is 7.98. The number of aryl methyl sites for hydroxylation is 1. The molecule has 4 heteroatoms. The zero-order valence-electron chi connectivity index (χ0n) is 11.5. The molecular formula is C14H23N3S. The fourth-order valence-electron chi connectivity index (χ4n) is 1.65. The zero-order valence-corrected chi connectivity index (χ0v) is 12.3. The molecule has 0 unspecified atom stereocenters. The number of rotatable bonds is 6. The second kappa shape index (κ2) is 8.86. The summed E-state index contributed by atoms with van der Waals surface area (Å²) in [7, 11) is 1.81. The Bertz CT molecular complexity index is 377. The molecule has 0 amide bonds. The molecule has 0 aliphatic rings. The van der Waals surface area contributed by atoms with Gasteiger partial charge in [0, 0.05) is 20.1 Å². The van der Waals surface area contributed by atoms with Gasteiger partial charge in [0.05, 0.1) is 0 Å². The molecule has 0 heterocycles. The van der Waals surface area contributed by atoms with Crippen LogP contribution >= 0.6 is 11.8 Å². The maximum atomic E-state index is 4.21. The highest BCUT2D eigenvalue weighted by Crippen LogP contribution is 2.03. The van der Waals surface area contributed by atoms with Crippen LogP contribution in [0.1, 0.15) is 17.5 Å². The van der Waals surface area contributed by atoms with Crippen molar-refractivity contribution >= 4 is 17.7 Å². The Kier molecular flexibility index (Phi) is 7.34. The Balaban J connectivity index is 2.31. The maximum Gasteiger partial charge on any atom is 0.191 e. The van der Waals surface area contributed by atoms with E-state index < -0.39 is 0 Å². The van der Waals surface area contributed by atoms with Crippen LogP contribution in [0.25, 0.3) is 0 Å². The summed E-state index contributed by atoms with van der Waals surface area (Å²) in [4.78, 5) is 4.21. The molecule has 1 aromatic carbocycles. The minimum absolute atomic E-state index is 0.809. The number of nitrogens with zero attached hydrogens (tertiary/aromatic N) is 1. The molecule has 0 aromatic heterocycles. The predicted molar refractivity (Wildman–Crippen MR) is 82.4 cm³/mol. The molecule has 0 aliphatic heterocycles. The first-order chi connectivity index (χ1) is 8.76. The predicted octanol–water partition coefficient (Wildman–Crippen LogP) is 2.41. The average molecular weight is 265 g/mol. The van der Waals surface area contributed by atoms with Crippen LogP contribution in [0.4, 0.5) is 0 Å². The summed E-state index contributed by atoms with van der Waals surface area (Å²) < 4.78 is 0. The summed E-state index contributed by atoms with van der Waals surface area (Å²) in [6.45, 7) is 3.89. The van der Waals surface area contributed by atoms with E-state index >= 15 is 0 Å². The van der Waals surface area contributed by atoms with Gasteiger partial charge in [-0.2, -0.15) is 11.8 Å². The van der Waals surface area contributed by atoms with E-state index in [1.807, 2.05) is 11.8 Å². The van der Waals surface area contributed by atoms with Gasteiger partial charge >= 0.3 is 0 Å². The van der Waals surface area contributed by atoms with Crippen LogP contribution in [0.2, 0.25) is 0 Å². The first kappa shape index (κ1) is 14.9. The Morgan fingerprint density at radius 1 is 1.33 bits per heavy atom. The van der Waals surface area contributed by atoms with E-state index in [0.29, 0.717) is 0 Å². The van der Waals surface area contributed by atoms with Crippen LogP contribution in [-0.2, 0) is 6.54 Å². The van der Waals surface area contributed by atoms with E-state index in [4.69, 9.17) is 0 Å². The molecule has 0 saturated carbocycles.